The Balaban J connectivity index is 2.28. The third-order valence-corrected chi connectivity index (χ3v) is 5.06. The first-order chi connectivity index (χ1) is 9.89. The second-order valence-electron chi connectivity index (χ2n) is 6.62. The van der Waals surface area contributed by atoms with Gasteiger partial charge in [0.25, 0.3) is 0 Å². The Morgan fingerprint density at radius 1 is 1.19 bits per heavy atom. The normalized spacial score (nSPS) is 24.9. The fourth-order valence-corrected chi connectivity index (χ4v) is 3.56. The zero-order valence-corrected chi connectivity index (χ0v) is 14.4. The molecule has 1 aromatic carbocycles. The van der Waals surface area contributed by atoms with Crippen molar-refractivity contribution in [1.82, 2.24) is 0 Å². The Hall–Kier alpha value is -1.55. The fraction of sp³-hybridized carbons (Fsp3) is 0.471. The van der Waals surface area contributed by atoms with Crippen molar-refractivity contribution in [3.05, 3.63) is 41.6 Å². The van der Waals surface area contributed by atoms with E-state index >= 15 is 0 Å². The Labute approximate surface area is 128 Å². The molecule has 1 fully saturated rings. The van der Waals surface area contributed by atoms with Crippen LogP contribution in [0.2, 0.25) is 19.6 Å². The van der Waals surface area contributed by atoms with Crippen molar-refractivity contribution in [2.45, 2.75) is 25.6 Å². The van der Waals surface area contributed by atoms with Crippen LogP contribution in [-0.4, -0.2) is 28.3 Å². The molecular formula is C17H24O3Si. The average Bonchev–Trinajstić information content (AvgIpc) is 3.17. The van der Waals surface area contributed by atoms with E-state index in [4.69, 9.17) is 9.47 Å². The molecule has 0 radical (unpaired) electrons. The lowest BCUT2D eigenvalue weighted by Gasteiger charge is -2.08. The summed E-state index contributed by atoms with van der Waals surface area (Å²) in [7, 11) is 1.85. The summed E-state index contributed by atoms with van der Waals surface area (Å²) in [6.45, 7) is 6.87. The maximum Gasteiger partial charge on any atom is 0.309 e. The van der Waals surface area contributed by atoms with Crippen molar-refractivity contribution in [2.75, 3.05) is 14.2 Å². The second-order valence-corrected chi connectivity index (χ2v) is 11.7. The Morgan fingerprint density at radius 2 is 1.86 bits per heavy atom. The summed E-state index contributed by atoms with van der Waals surface area (Å²) in [6.07, 6.45) is 2.21. The number of hydrogen-bond acceptors (Lipinski definition) is 3. The second kappa shape index (κ2) is 6.06. The van der Waals surface area contributed by atoms with Gasteiger partial charge in [-0.05, 0) is 17.5 Å². The fourth-order valence-electron chi connectivity index (χ4n) is 2.76. The van der Waals surface area contributed by atoms with E-state index in [9.17, 15) is 4.79 Å². The zero-order valence-electron chi connectivity index (χ0n) is 13.4. The smallest absolute Gasteiger partial charge is 0.309 e. The van der Waals surface area contributed by atoms with Gasteiger partial charge in [0.05, 0.1) is 28.2 Å². The van der Waals surface area contributed by atoms with Crippen molar-refractivity contribution in [3.8, 4) is 5.75 Å². The third kappa shape index (κ3) is 3.56. The van der Waals surface area contributed by atoms with Crippen LogP contribution in [0, 0.1) is 11.8 Å². The molecule has 1 aliphatic carbocycles. The highest BCUT2D eigenvalue weighted by Crippen LogP contribution is 2.57. The summed E-state index contributed by atoms with van der Waals surface area (Å²) in [5.74, 6) is 1.03. The lowest BCUT2D eigenvalue weighted by Crippen LogP contribution is -2.15. The topological polar surface area (TPSA) is 35.5 Å². The lowest BCUT2D eigenvalue weighted by atomic mass is 10.1. The number of allylic oxidation sites excluding steroid dienone is 1. The Bertz CT molecular complexity index is 545. The van der Waals surface area contributed by atoms with Crippen LogP contribution in [0.1, 0.15) is 11.5 Å². The minimum Gasteiger partial charge on any atom is -0.496 e. The van der Waals surface area contributed by atoms with Gasteiger partial charge < -0.3 is 9.47 Å². The first-order valence-electron chi connectivity index (χ1n) is 7.29. The maximum absolute atomic E-state index is 12.0. The molecule has 1 aromatic rings. The first-order valence-corrected chi connectivity index (χ1v) is 10.9. The van der Waals surface area contributed by atoms with Gasteiger partial charge in [-0.1, -0.05) is 49.6 Å². The summed E-state index contributed by atoms with van der Waals surface area (Å²) in [4.78, 5) is 12.0. The van der Waals surface area contributed by atoms with Gasteiger partial charge in [0.2, 0.25) is 0 Å². The predicted octanol–water partition coefficient (Wildman–Crippen LogP) is 3.63. The number of carbonyl (C=O) groups is 1. The monoisotopic (exact) mass is 304 g/mol. The van der Waals surface area contributed by atoms with Crippen LogP contribution in [0.15, 0.2) is 36.0 Å². The highest BCUT2D eigenvalue weighted by atomic mass is 28.3. The molecule has 21 heavy (non-hydrogen) atoms. The summed E-state index contributed by atoms with van der Waals surface area (Å²) >= 11 is 0. The quantitative estimate of drug-likeness (QED) is 0.615. The van der Waals surface area contributed by atoms with Crippen molar-refractivity contribution >= 4 is 14.0 Å². The molecule has 2 rings (SSSR count). The van der Waals surface area contributed by atoms with E-state index in [1.807, 2.05) is 24.3 Å². The summed E-state index contributed by atoms with van der Waals surface area (Å²) in [5.41, 5.74) is 3.41. The van der Waals surface area contributed by atoms with E-state index in [1.165, 1.54) is 7.11 Å². The lowest BCUT2D eigenvalue weighted by molar-refractivity contribution is -0.142. The summed E-state index contributed by atoms with van der Waals surface area (Å²) in [6, 6.07) is 7.93. The van der Waals surface area contributed by atoms with Crippen molar-refractivity contribution in [1.29, 1.82) is 0 Å². The van der Waals surface area contributed by atoms with Crippen molar-refractivity contribution < 1.29 is 14.3 Å². The molecule has 0 unspecified atom stereocenters. The number of rotatable bonds is 5. The summed E-state index contributed by atoms with van der Waals surface area (Å²) in [5, 5.41) is 0. The molecule has 0 aromatic heterocycles. The van der Waals surface area contributed by atoms with E-state index in [2.05, 4.69) is 31.4 Å². The molecule has 0 amide bonds. The predicted molar refractivity (Wildman–Crippen MR) is 87.2 cm³/mol. The SMILES string of the molecule is COC(=O)[C@H]1[C@H](/C=C/[Si](C)(C)C)[C@@H]1c1ccccc1OC. The average molecular weight is 304 g/mol. The van der Waals surface area contributed by atoms with Gasteiger partial charge in [0.1, 0.15) is 5.75 Å². The van der Waals surface area contributed by atoms with Gasteiger partial charge in [0.15, 0.2) is 0 Å². The molecular weight excluding hydrogens is 280 g/mol. The molecule has 0 heterocycles. The van der Waals surface area contributed by atoms with Gasteiger partial charge >= 0.3 is 5.97 Å². The third-order valence-electron chi connectivity index (χ3n) is 3.87. The molecule has 1 aliphatic rings. The number of para-hydroxylation sites is 1. The number of benzene rings is 1. The van der Waals surface area contributed by atoms with Gasteiger partial charge in [-0.25, -0.2) is 0 Å². The maximum atomic E-state index is 12.0. The number of methoxy groups -OCH3 is 2. The highest BCUT2D eigenvalue weighted by molar-refractivity contribution is 6.80. The van der Waals surface area contributed by atoms with E-state index in [-0.39, 0.29) is 23.7 Å². The molecule has 3 nitrogen and oxygen atoms in total. The van der Waals surface area contributed by atoms with Gasteiger partial charge in [0, 0.05) is 5.92 Å². The van der Waals surface area contributed by atoms with Crippen LogP contribution in [-0.2, 0) is 9.53 Å². The van der Waals surface area contributed by atoms with E-state index in [0.29, 0.717) is 0 Å². The molecule has 3 atom stereocenters. The van der Waals surface area contributed by atoms with E-state index in [1.54, 1.807) is 7.11 Å². The number of carbonyl (C=O) groups excluding carboxylic acids is 1. The Kier molecular flexibility index (Phi) is 4.57. The minimum absolute atomic E-state index is 0.0844. The van der Waals surface area contributed by atoms with E-state index in [0.717, 1.165) is 11.3 Å². The summed E-state index contributed by atoms with van der Waals surface area (Å²) < 4.78 is 10.4. The van der Waals surface area contributed by atoms with Gasteiger partial charge in [-0.15, -0.1) is 0 Å². The largest absolute Gasteiger partial charge is 0.496 e. The molecule has 114 valence electrons. The minimum atomic E-state index is -1.27. The van der Waals surface area contributed by atoms with Crippen molar-refractivity contribution in [3.63, 3.8) is 0 Å². The highest BCUT2D eigenvalue weighted by Gasteiger charge is 2.55. The molecule has 4 heteroatoms. The molecule has 1 saturated carbocycles. The first kappa shape index (κ1) is 15.8. The standard InChI is InChI=1S/C17H24O3Si/c1-19-14-9-7-6-8-12(14)15-13(10-11-21(3,4)5)16(15)17(18)20-2/h6-11,13,15-16H,1-5H3/b11-10+/t13-,15+,16+/m1/s1. The van der Waals surface area contributed by atoms with Crippen LogP contribution in [0.4, 0.5) is 0 Å². The van der Waals surface area contributed by atoms with Crippen LogP contribution in [0.5, 0.6) is 5.75 Å². The number of esters is 1. The molecule has 0 N–H and O–H groups in total. The molecule has 0 aliphatic heterocycles. The zero-order chi connectivity index (χ0) is 15.6. The van der Waals surface area contributed by atoms with Crippen LogP contribution >= 0.6 is 0 Å². The molecule has 0 spiro atoms. The number of hydrogen-bond donors (Lipinski definition) is 0. The van der Waals surface area contributed by atoms with Gasteiger partial charge in [-0.2, -0.15) is 0 Å². The van der Waals surface area contributed by atoms with Crippen LogP contribution in [0.3, 0.4) is 0 Å². The molecule has 0 bridgehead atoms. The van der Waals surface area contributed by atoms with Gasteiger partial charge in [-0.3, -0.25) is 4.79 Å². The van der Waals surface area contributed by atoms with Crippen LogP contribution < -0.4 is 4.74 Å². The van der Waals surface area contributed by atoms with E-state index < -0.39 is 8.07 Å². The Morgan fingerprint density at radius 3 is 2.43 bits per heavy atom. The van der Waals surface area contributed by atoms with Crippen LogP contribution in [0.25, 0.3) is 0 Å². The number of ether oxygens (including phenoxy) is 2. The van der Waals surface area contributed by atoms with Crippen molar-refractivity contribution in [2.24, 2.45) is 11.8 Å². The molecule has 0 saturated heterocycles.